The molecule has 0 aromatic heterocycles. The smallest absolute Gasteiger partial charge is 0.0216 e. The molecule has 3 unspecified atom stereocenters. The molecule has 3 heteroatoms. The maximum absolute atomic E-state index is 4.06. The van der Waals surface area contributed by atoms with E-state index in [9.17, 15) is 0 Å². The highest BCUT2D eigenvalue weighted by molar-refractivity contribution is 7.99. The van der Waals surface area contributed by atoms with Gasteiger partial charge < -0.3 is 10.6 Å². The van der Waals surface area contributed by atoms with E-state index in [1.165, 1.54) is 121 Å². The molecule has 0 aromatic carbocycles. The van der Waals surface area contributed by atoms with Gasteiger partial charge in [0.25, 0.3) is 0 Å². The maximum Gasteiger partial charge on any atom is 0.0216 e. The monoisotopic (exact) mass is 438 g/mol. The first-order chi connectivity index (χ1) is 14.7. The second kappa shape index (κ2) is 16.8. The number of unbranched alkanes of at least 4 members (excludes halogenated alkanes) is 9. The summed E-state index contributed by atoms with van der Waals surface area (Å²) in [4.78, 5) is 0. The highest BCUT2D eigenvalue weighted by atomic mass is 32.2. The van der Waals surface area contributed by atoms with E-state index in [4.69, 9.17) is 0 Å². The predicted molar refractivity (Wildman–Crippen MR) is 138 cm³/mol. The van der Waals surface area contributed by atoms with E-state index in [1.54, 1.807) is 0 Å². The van der Waals surface area contributed by atoms with Crippen LogP contribution in [-0.4, -0.2) is 35.2 Å². The minimum atomic E-state index is 0.610. The standard InChI is InChI=1S/C27H54N2S/c1-4-5-6-7-8-9-10-11-12-16-21-30-27-22-25(19-20-26(27)28-23(2)3)29-24-17-14-13-15-18-24/h23-29H,4-22H2,1-3H3. The Balaban J connectivity index is 1.59. The molecule has 3 atom stereocenters. The molecule has 0 radical (unpaired) electrons. The summed E-state index contributed by atoms with van der Waals surface area (Å²) in [5.74, 6) is 1.37. The molecule has 178 valence electrons. The third-order valence-corrected chi connectivity index (χ3v) is 8.72. The Morgan fingerprint density at radius 1 is 0.733 bits per heavy atom. The van der Waals surface area contributed by atoms with Gasteiger partial charge in [0.15, 0.2) is 0 Å². The van der Waals surface area contributed by atoms with Crippen LogP contribution in [0.1, 0.15) is 136 Å². The Labute approximate surface area is 193 Å². The number of nitrogens with one attached hydrogen (secondary N) is 2. The molecule has 2 nitrogen and oxygen atoms in total. The van der Waals surface area contributed by atoms with Gasteiger partial charge >= 0.3 is 0 Å². The van der Waals surface area contributed by atoms with Gasteiger partial charge in [-0.1, -0.05) is 97.8 Å². The summed E-state index contributed by atoms with van der Waals surface area (Å²) in [5.41, 5.74) is 0. The quantitative estimate of drug-likeness (QED) is 0.240. The number of hydrogen-bond donors (Lipinski definition) is 2. The Hall–Kier alpha value is 0.270. The molecule has 2 N–H and O–H groups in total. The highest BCUT2D eigenvalue weighted by Crippen LogP contribution is 2.31. The molecular weight excluding hydrogens is 384 g/mol. The minimum Gasteiger partial charge on any atom is -0.311 e. The Bertz CT molecular complexity index is 394. The van der Waals surface area contributed by atoms with Crippen LogP contribution in [0.2, 0.25) is 0 Å². The average molecular weight is 439 g/mol. The van der Waals surface area contributed by atoms with Gasteiger partial charge in [0, 0.05) is 29.4 Å². The van der Waals surface area contributed by atoms with Crippen molar-refractivity contribution >= 4 is 11.8 Å². The van der Waals surface area contributed by atoms with Gasteiger partial charge in [0.05, 0.1) is 0 Å². The molecule has 2 fully saturated rings. The van der Waals surface area contributed by atoms with Crippen molar-refractivity contribution in [2.75, 3.05) is 5.75 Å². The molecule has 2 saturated carbocycles. The first-order valence-corrected chi connectivity index (χ1v) is 14.9. The number of thioether (sulfide) groups is 1. The molecule has 2 aliphatic carbocycles. The fourth-order valence-corrected chi connectivity index (χ4v) is 7.00. The second-order valence-electron chi connectivity index (χ2n) is 10.5. The van der Waals surface area contributed by atoms with Gasteiger partial charge in [-0.2, -0.15) is 11.8 Å². The van der Waals surface area contributed by atoms with Crippen LogP contribution in [0.15, 0.2) is 0 Å². The largest absolute Gasteiger partial charge is 0.311 e. The lowest BCUT2D eigenvalue weighted by atomic mass is 9.88. The van der Waals surface area contributed by atoms with Crippen LogP contribution < -0.4 is 10.6 Å². The average Bonchev–Trinajstić information content (AvgIpc) is 2.74. The SMILES string of the molecule is CCCCCCCCCCCCSC1CC(NC2CCCCC2)CCC1NC(C)C. The zero-order valence-corrected chi connectivity index (χ0v) is 21.5. The summed E-state index contributed by atoms with van der Waals surface area (Å²) in [6.07, 6.45) is 25.7. The van der Waals surface area contributed by atoms with E-state index < -0.39 is 0 Å². The molecule has 0 bridgehead atoms. The molecule has 0 spiro atoms. The molecule has 0 aliphatic heterocycles. The summed E-state index contributed by atoms with van der Waals surface area (Å²) in [6.45, 7) is 6.94. The topological polar surface area (TPSA) is 24.1 Å². The van der Waals surface area contributed by atoms with E-state index in [1.807, 2.05) is 0 Å². The van der Waals surface area contributed by atoms with Crippen molar-refractivity contribution in [2.45, 2.75) is 166 Å². The van der Waals surface area contributed by atoms with E-state index in [2.05, 4.69) is 43.2 Å². The lowest BCUT2D eigenvalue weighted by Gasteiger charge is -2.39. The predicted octanol–water partition coefficient (Wildman–Crippen LogP) is 7.85. The molecule has 0 saturated heterocycles. The lowest BCUT2D eigenvalue weighted by Crippen LogP contribution is -2.51. The van der Waals surface area contributed by atoms with Gasteiger partial charge in [-0.3, -0.25) is 0 Å². The molecular formula is C27H54N2S. The summed E-state index contributed by atoms with van der Waals surface area (Å²) in [6, 6.07) is 2.91. The first-order valence-electron chi connectivity index (χ1n) is 13.8. The molecule has 0 heterocycles. The molecule has 30 heavy (non-hydrogen) atoms. The summed E-state index contributed by atoms with van der Waals surface area (Å²) in [7, 11) is 0. The molecule has 2 aliphatic rings. The maximum atomic E-state index is 4.06. The fourth-order valence-electron chi connectivity index (χ4n) is 5.51. The van der Waals surface area contributed by atoms with Crippen LogP contribution in [0.25, 0.3) is 0 Å². The third-order valence-electron chi connectivity index (χ3n) is 7.25. The zero-order valence-electron chi connectivity index (χ0n) is 20.7. The Morgan fingerprint density at radius 2 is 1.37 bits per heavy atom. The normalized spacial score (nSPS) is 25.8. The van der Waals surface area contributed by atoms with Gasteiger partial charge in [-0.15, -0.1) is 0 Å². The van der Waals surface area contributed by atoms with E-state index in [0.717, 1.165) is 23.4 Å². The second-order valence-corrected chi connectivity index (χ2v) is 11.9. The van der Waals surface area contributed by atoms with Crippen LogP contribution in [0.3, 0.4) is 0 Å². The number of hydrogen-bond acceptors (Lipinski definition) is 3. The lowest BCUT2D eigenvalue weighted by molar-refractivity contribution is 0.262. The zero-order chi connectivity index (χ0) is 21.4. The van der Waals surface area contributed by atoms with Gasteiger partial charge in [0.2, 0.25) is 0 Å². The van der Waals surface area contributed by atoms with Crippen molar-refractivity contribution in [3.05, 3.63) is 0 Å². The van der Waals surface area contributed by atoms with Gasteiger partial charge in [-0.25, -0.2) is 0 Å². The molecule has 2 rings (SSSR count). The van der Waals surface area contributed by atoms with Crippen molar-refractivity contribution in [1.82, 2.24) is 10.6 Å². The van der Waals surface area contributed by atoms with Crippen molar-refractivity contribution in [1.29, 1.82) is 0 Å². The van der Waals surface area contributed by atoms with E-state index >= 15 is 0 Å². The molecule has 0 aromatic rings. The summed E-state index contributed by atoms with van der Waals surface area (Å²) < 4.78 is 0. The van der Waals surface area contributed by atoms with Crippen molar-refractivity contribution in [3.63, 3.8) is 0 Å². The fraction of sp³-hybridized carbons (Fsp3) is 1.00. The van der Waals surface area contributed by atoms with Crippen molar-refractivity contribution in [2.24, 2.45) is 0 Å². The van der Waals surface area contributed by atoms with Crippen LogP contribution >= 0.6 is 11.8 Å². The van der Waals surface area contributed by atoms with Crippen LogP contribution in [0.4, 0.5) is 0 Å². The summed E-state index contributed by atoms with van der Waals surface area (Å²) in [5, 5.41) is 8.77. The van der Waals surface area contributed by atoms with Crippen molar-refractivity contribution < 1.29 is 0 Å². The van der Waals surface area contributed by atoms with Crippen molar-refractivity contribution in [3.8, 4) is 0 Å². The molecule has 0 amide bonds. The highest BCUT2D eigenvalue weighted by Gasteiger charge is 2.32. The Kier molecular flexibility index (Phi) is 14.9. The summed E-state index contributed by atoms with van der Waals surface area (Å²) >= 11 is 2.29. The number of rotatable bonds is 16. The minimum absolute atomic E-state index is 0.610. The van der Waals surface area contributed by atoms with Crippen LogP contribution in [-0.2, 0) is 0 Å². The third kappa shape index (κ3) is 11.8. The van der Waals surface area contributed by atoms with E-state index in [0.29, 0.717) is 6.04 Å². The Morgan fingerprint density at radius 3 is 2.00 bits per heavy atom. The van der Waals surface area contributed by atoms with Crippen LogP contribution in [0, 0.1) is 0 Å². The van der Waals surface area contributed by atoms with E-state index in [-0.39, 0.29) is 0 Å². The van der Waals surface area contributed by atoms with Crippen LogP contribution in [0.5, 0.6) is 0 Å². The first kappa shape index (κ1) is 26.5. The van der Waals surface area contributed by atoms with Gasteiger partial charge in [0.1, 0.15) is 0 Å². The van der Waals surface area contributed by atoms with Gasteiger partial charge in [-0.05, 0) is 44.3 Å².